The minimum atomic E-state index is -0.412. The third-order valence-corrected chi connectivity index (χ3v) is 6.46. The number of benzene rings is 3. The molecular formula is C27H19Cl2N5O2S. The number of hydrogen-bond acceptors (Lipinski definition) is 5. The van der Waals surface area contributed by atoms with Crippen molar-refractivity contribution in [2.24, 2.45) is 0 Å². The predicted molar refractivity (Wildman–Crippen MR) is 151 cm³/mol. The summed E-state index contributed by atoms with van der Waals surface area (Å²) in [5, 5.41) is 15.8. The van der Waals surface area contributed by atoms with Gasteiger partial charge in [-0.2, -0.15) is 4.80 Å². The normalized spacial score (nSPS) is 11.2. The second-order valence-corrected chi connectivity index (χ2v) is 9.25. The van der Waals surface area contributed by atoms with Crippen LogP contribution >= 0.6 is 35.4 Å². The first-order chi connectivity index (χ1) is 17.9. The second kappa shape index (κ2) is 10.6. The van der Waals surface area contributed by atoms with Crippen molar-refractivity contribution >= 4 is 69.2 Å². The topological polar surface area (TPSA) is 85.0 Å². The summed E-state index contributed by atoms with van der Waals surface area (Å²) in [7, 11) is 0. The Labute approximate surface area is 227 Å². The average molecular weight is 548 g/mol. The monoisotopic (exact) mass is 547 g/mol. The zero-order valence-electron chi connectivity index (χ0n) is 19.4. The molecule has 0 saturated carbocycles. The number of rotatable bonds is 5. The molecule has 0 aliphatic heterocycles. The number of carbonyl (C=O) groups is 1. The first-order valence-electron chi connectivity index (χ1n) is 11.1. The number of halogens is 2. The Bertz CT molecular complexity index is 1660. The zero-order chi connectivity index (χ0) is 25.9. The average Bonchev–Trinajstić information content (AvgIpc) is 3.52. The van der Waals surface area contributed by atoms with Crippen LogP contribution in [0.1, 0.15) is 11.3 Å². The van der Waals surface area contributed by atoms with Crippen LogP contribution in [-0.2, 0) is 4.79 Å². The Morgan fingerprint density at radius 2 is 1.76 bits per heavy atom. The molecule has 2 aromatic heterocycles. The summed E-state index contributed by atoms with van der Waals surface area (Å²) in [6, 6.07) is 22.2. The summed E-state index contributed by atoms with van der Waals surface area (Å²) < 4.78 is 5.77. The first-order valence-corrected chi connectivity index (χ1v) is 12.3. The van der Waals surface area contributed by atoms with E-state index in [2.05, 4.69) is 20.8 Å². The maximum absolute atomic E-state index is 12.4. The van der Waals surface area contributed by atoms with Crippen molar-refractivity contribution in [2.75, 3.05) is 5.32 Å². The number of amides is 1. The highest BCUT2D eigenvalue weighted by atomic mass is 35.5. The van der Waals surface area contributed by atoms with E-state index < -0.39 is 5.91 Å². The number of nitrogens with one attached hydrogen (secondary N) is 2. The van der Waals surface area contributed by atoms with Gasteiger partial charge < -0.3 is 9.73 Å². The molecule has 0 spiro atoms. The summed E-state index contributed by atoms with van der Waals surface area (Å²) in [4.78, 5) is 14.0. The summed E-state index contributed by atoms with van der Waals surface area (Å²) in [6.07, 6.45) is 2.87. The van der Waals surface area contributed by atoms with E-state index in [1.54, 1.807) is 41.2 Å². The van der Waals surface area contributed by atoms with Gasteiger partial charge in [0.2, 0.25) is 5.91 Å². The quantitative estimate of drug-likeness (QED) is 0.185. The second-order valence-electron chi connectivity index (χ2n) is 8.06. The van der Waals surface area contributed by atoms with E-state index >= 15 is 0 Å². The van der Waals surface area contributed by atoms with Crippen LogP contribution in [0.4, 0.5) is 5.69 Å². The molecule has 7 nitrogen and oxygen atoms in total. The maximum Gasteiger partial charge on any atom is 0.250 e. The van der Waals surface area contributed by atoms with Crippen LogP contribution in [0.3, 0.4) is 0 Å². The highest BCUT2D eigenvalue weighted by molar-refractivity contribution is 7.80. The van der Waals surface area contributed by atoms with Gasteiger partial charge in [0.25, 0.3) is 0 Å². The number of thiocarbonyl (C=S) groups is 1. The third-order valence-electron chi connectivity index (χ3n) is 5.44. The number of para-hydroxylation sites is 1. The minimum Gasteiger partial charge on any atom is -0.457 e. The highest BCUT2D eigenvalue weighted by Crippen LogP contribution is 2.34. The Kier molecular flexibility index (Phi) is 7.05. The lowest BCUT2D eigenvalue weighted by molar-refractivity contribution is -0.115. The Morgan fingerprint density at radius 3 is 2.54 bits per heavy atom. The van der Waals surface area contributed by atoms with Crippen LogP contribution in [0.15, 0.2) is 83.3 Å². The molecule has 184 valence electrons. The van der Waals surface area contributed by atoms with Crippen LogP contribution in [0.2, 0.25) is 10.0 Å². The Balaban J connectivity index is 1.24. The maximum atomic E-state index is 12.4. The number of fused-ring (bicyclic) bond motifs is 1. The molecule has 37 heavy (non-hydrogen) atoms. The number of nitrogens with zero attached hydrogens (tertiary/aromatic N) is 3. The summed E-state index contributed by atoms with van der Waals surface area (Å²) in [5.41, 5.74) is 4.60. The van der Waals surface area contributed by atoms with Crippen molar-refractivity contribution in [1.29, 1.82) is 0 Å². The van der Waals surface area contributed by atoms with E-state index in [-0.39, 0.29) is 5.11 Å². The van der Waals surface area contributed by atoms with Gasteiger partial charge in [0, 0.05) is 17.3 Å². The van der Waals surface area contributed by atoms with Crippen molar-refractivity contribution in [3.05, 3.63) is 100 Å². The molecule has 0 fully saturated rings. The molecule has 0 aliphatic carbocycles. The number of aryl methyl sites for hydroxylation is 1. The fraction of sp³-hybridized carbons (Fsp3) is 0.0370. The zero-order valence-corrected chi connectivity index (χ0v) is 21.7. The third kappa shape index (κ3) is 5.56. The van der Waals surface area contributed by atoms with Gasteiger partial charge in [0.15, 0.2) is 5.11 Å². The van der Waals surface area contributed by atoms with Gasteiger partial charge >= 0.3 is 0 Å². The standard InChI is InChI=1S/C27H19Cl2N5O2S/c1-16-14-22-23(33-34(32-22)17-6-3-2-4-7-17)15-21(16)30-27(37)31-25(35)13-11-18-10-12-24(36-18)19-8-5-9-20(28)26(19)29/h2-15H,1H3,(H2,30,31,35,37). The van der Waals surface area contributed by atoms with Gasteiger partial charge in [-0.1, -0.05) is 47.5 Å². The van der Waals surface area contributed by atoms with E-state index in [0.717, 1.165) is 22.5 Å². The van der Waals surface area contributed by atoms with Gasteiger partial charge in [-0.25, -0.2) is 0 Å². The number of aromatic nitrogens is 3. The molecule has 1 amide bonds. The van der Waals surface area contributed by atoms with E-state index in [0.29, 0.717) is 32.6 Å². The largest absolute Gasteiger partial charge is 0.457 e. The fourth-order valence-electron chi connectivity index (χ4n) is 3.63. The number of furan rings is 1. The van der Waals surface area contributed by atoms with Crippen LogP contribution < -0.4 is 10.6 Å². The van der Waals surface area contributed by atoms with Crippen molar-refractivity contribution < 1.29 is 9.21 Å². The Morgan fingerprint density at radius 1 is 1.00 bits per heavy atom. The predicted octanol–water partition coefficient (Wildman–Crippen LogP) is 6.82. The lowest BCUT2D eigenvalue weighted by Gasteiger charge is -2.10. The number of anilines is 1. The molecule has 0 bridgehead atoms. The SMILES string of the molecule is Cc1cc2nn(-c3ccccc3)nc2cc1NC(=S)NC(=O)C=Cc1ccc(-c2cccc(Cl)c2Cl)o1. The number of carbonyl (C=O) groups excluding carboxylic acids is 1. The lowest BCUT2D eigenvalue weighted by atomic mass is 10.2. The van der Waals surface area contributed by atoms with Crippen LogP contribution in [0, 0.1) is 6.92 Å². The summed E-state index contributed by atoms with van der Waals surface area (Å²) in [6.45, 7) is 1.92. The van der Waals surface area contributed by atoms with Gasteiger partial charge in [-0.3, -0.25) is 10.1 Å². The number of hydrogen-bond donors (Lipinski definition) is 2. The molecule has 3 aromatic carbocycles. The lowest BCUT2D eigenvalue weighted by Crippen LogP contribution is -2.33. The molecular weight excluding hydrogens is 529 g/mol. The highest BCUT2D eigenvalue weighted by Gasteiger charge is 2.12. The van der Waals surface area contributed by atoms with E-state index in [9.17, 15) is 4.79 Å². The van der Waals surface area contributed by atoms with Crippen molar-refractivity contribution in [1.82, 2.24) is 20.3 Å². The van der Waals surface area contributed by atoms with Crippen LogP contribution in [-0.4, -0.2) is 26.0 Å². The molecule has 2 heterocycles. The van der Waals surface area contributed by atoms with E-state index in [1.807, 2.05) is 49.4 Å². The van der Waals surface area contributed by atoms with Crippen molar-refractivity contribution in [3.8, 4) is 17.0 Å². The van der Waals surface area contributed by atoms with Crippen LogP contribution in [0.5, 0.6) is 0 Å². The fourth-order valence-corrected chi connectivity index (χ4v) is 4.23. The molecule has 0 saturated heterocycles. The molecule has 0 radical (unpaired) electrons. The minimum absolute atomic E-state index is 0.151. The van der Waals surface area contributed by atoms with Gasteiger partial charge in [0.1, 0.15) is 22.6 Å². The molecule has 0 unspecified atom stereocenters. The first kappa shape index (κ1) is 24.7. The van der Waals surface area contributed by atoms with Crippen molar-refractivity contribution in [2.45, 2.75) is 6.92 Å². The Hall–Kier alpha value is -3.98. The van der Waals surface area contributed by atoms with E-state index in [4.69, 9.17) is 39.8 Å². The van der Waals surface area contributed by atoms with Gasteiger partial charge in [-0.15, -0.1) is 10.2 Å². The smallest absolute Gasteiger partial charge is 0.250 e. The summed E-state index contributed by atoms with van der Waals surface area (Å²) >= 11 is 17.7. The molecule has 0 atom stereocenters. The van der Waals surface area contributed by atoms with Gasteiger partial charge in [-0.05, 0) is 79.3 Å². The summed E-state index contributed by atoms with van der Waals surface area (Å²) in [5.74, 6) is 0.604. The molecule has 5 aromatic rings. The van der Waals surface area contributed by atoms with E-state index in [1.165, 1.54) is 6.08 Å². The van der Waals surface area contributed by atoms with Gasteiger partial charge in [0.05, 0.1) is 15.7 Å². The van der Waals surface area contributed by atoms with Crippen molar-refractivity contribution in [3.63, 3.8) is 0 Å². The molecule has 5 rings (SSSR count). The molecule has 2 N–H and O–H groups in total. The van der Waals surface area contributed by atoms with Crippen LogP contribution in [0.25, 0.3) is 34.1 Å². The molecule has 10 heteroatoms. The molecule has 0 aliphatic rings.